The lowest BCUT2D eigenvalue weighted by Crippen LogP contribution is -2.10. The van der Waals surface area contributed by atoms with Crippen LogP contribution in [0.4, 0.5) is 0 Å². The predicted molar refractivity (Wildman–Crippen MR) is 100 cm³/mol. The molecule has 142 valence electrons. The van der Waals surface area contributed by atoms with Gasteiger partial charge in [0, 0.05) is 11.1 Å². The first-order valence-corrected chi connectivity index (χ1v) is 10.00. The van der Waals surface area contributed by atoms with Crippen LogP contribution in [0.2, 0.25) is 0 Å². The number of para-hydroxylation sites is 1. The molecule has 27 heavy (non-hydrogen) atoms. The number of carbonyl (C=O) groups is 1. The molecule has 0 fully saturated rings. The fourth-order valence-corrected chi connectivity index (χ4v) is 4.36. The summed E-state index contributed by atoms with van der Waals surface area (Å²) in [5, 5.41) is 0. The number of fused-ring (bicyclic) bond motifs is 1. The van der Waals surface area contributed by atoms with Crippen LogP contribution in [0, 0.1) is 0 Å². The quantitative estimate of drug-likeness (QED) is 0.733. The zero-order valence-electron chi connectivity index (χ0n) is 15.1. The van der Waals surface area contributed by atoms with Crippen LogP contribution in [-0.4, -0.2) is 34.4 Å². The topological polar surface area (TPSA) is 78.9 Å². The highest BCUT2D eigenvalue weighted by molar-refractivity contribution is 7.91. The van der Waals surface area contributed by atoms with Crippen LogP contribution in [0.5, 0.6) is 11.5 Å². The van der Waals surface area contributed by atoms with E-state index >= 15 is 0 Å². The van der Waals surface area contributed by atoms with Crippen LogP contribution in [0.1, 0.15) is 17.5 Å². The van der Waals surface area contributed by atoms with Gasteiger partial charge in [-0.3, -0.25) is 0 Å². The number of carbonyl (C=O) groups excluding carboxylic acids is 1. The molecule has 3 rings (SSSR count). The Balaban J connectivity index is 1.92. The Kier molecular flexibility index (Phi) is 5.51. The van der Waals surface area contributed by atoms with Gasteiger partial charge in [-0.15, -0.1) is 0 Å². The maximum Gasteiger partial charge on any atom is 0.333 e. The summed E-state index contributed by atoms with van der Waals surface area (Å²) in [6, 6.07) is 12.2. The third kappa shape index (κ3) is 4.14. The fourth-order valence-electron chi connectivity index (χ4n) is 2.90. The first kappa shape index (κ1) is 19.0. The minimum absolute atomic E-state index is 0.112. The minimum Gasteiger partial charge on any atom is -0.496 e. The average molecular weight is 388 g/mol. The van der Waals surface area contributed by atoms with Crippen molar-refractivity contribution >= 4 is 21.9 Å². The summed E-state index contributed by atoms with van der Waals surface area (Å²) in [6.45, 7) is 0.267. The molecule has 0 aliphatic carbocycles. The number of hydrogen-bond donors (Lipinski definition) is 0. The second-order valence-electron chi connectivity index (χ2n) is 6.03. The van der Waals surface area contributed by atoms with Crippen LogP contribution in [0.3, 0.4) is 0 Å². The van der Waals surface area contributed by atoms with Gasteiger partial charge in [-0.1, -0.05) is 18.2 Å². The first-order valence-electron chi connectivity index (χ1n) is 8.35. The zero-order valence-corrected chi connectivity index (χ0v) is 15.9. The normalized spacial score (nSPS) is 15.1. The average Bonchev–Trinajstić information content (AvgIpc) is 2.81. The Morgan fingerprint density at radius 3 is 2.63 bits per heavy atom. The Hall–Kier alpha value is -2.80. The monoisotopic (exact) mass is 388 g/mol. The standard InChI is InChI=1S/C20H20O6S/c1-24-18-6-4-3-5-15(18)13-26-17-7-8-19-16(12-17)11-14(20(21)25-2)9-10-27(19,22)23/h3-8,11-12H,9-10,13H2,1-2H3. The molecule has 1 heterocycles. The van der Waals surface area contributed by atoms with Crippen molar-refractivity contribution in [2.75, 3.05) is 20.0 Å². The van der Waals surface area contributed by atoms with Crippen LogP contribution in [0.15, 0.2) is 52.9 Å². The molecule has 0 spiro atoms. The van der Waals surface area contributed by atoms with Gasteiger partial charge in [-0.25, -0.2) is 13.2 Å². The molecule has 0 N–H and O–H groups in total. The highest BCUT2D eigenvalue weighted by Gasteiger charge is 2.25. The smallest absolute Gasteiger partial charge is 0.333 e. The van der Waals surface area contributed by atoms with E-state index in [9.17, 15) is 13.2 Å². The summed E-state index contributed by atoms with van der Waals surface area (Å²) in [4.78, 5) is 12.1. The van der Waals surface area contributed by atoms with E-state index in [-0.39, 0.29) is 23.7 Å². The molecule has 0 unspecified atom stereocenters. The van der Waals surface area contributed by atoms with Crippen LogP contribution in [-0.2, 0) is 26.0 Å². The van der Waals surface area contributed by atoms with Gasteiger partial charge in [0.2, 0.25) is 0 Å². The number of methoxy groups -OCH3 is 2. The number of esters is 1. The molecule has 1 aliphatic heterocycles. The summed E-state index contributed by atoms with van der Waals surface area (Å²) in [5.41, 5.74) is 1.61. The second kappa shape index (κ2) is 7.84. The molecule has 1 aliphatic rings. The van der Waals surface area contributed by atoms with Crippen LogP contribution < -0.4 is 9.47 Å². The Labute approximate surface area is 158 Å². The summed E-state index contributed by atoms with van der Waals surface area (Å²) in [7, 11) is -0.621. The van der Waals surface area contributed by atoms with Crippen molar-refractivity contribution in [3.05, 3.63) is 59.2 Å². The largest absolute Gasteiger partial charge is 0.496 e. The van der Waals surface area contributed by atoms with Crippen molar-refractivity contribution in [2.45, 2.75) is 17.9 Å². The van der Waals surface area contributed by atoms with E-state index in [2.05, 4.69) is 0 Å². The van der Waals surface area contributed by atoms with Crippen molar-refractivity contribution in [1.29, 1.82) is 0 Å². The van der Waals surface area contributed by atoms with E-state index in [4.69, 9.17) is 14.2 Å². The van der Waals surface area contributed by atoms with E-state index in [0.29, 0.717) is 22.6 Å². The lowest BCUT2D eigenvalue weighted by atomic mass is 10.1. The summed E-state index contributed by atoms with van der Waals surface area (Å²) >= 11 is 0. The minimum atomic E-state index is -3.48. The van der Waals surface area contributed by atoms with E-state index in [1.807, 2.05) is 24.3 Å². The van der Waals surface area contributed by atoms with E-state index in [0.717, 1.165) is 5.56 Å². The van der Waals surface area contributed by atoms with Crippen molar-refractivity contribution in [1.82, 2.24) is 0 Å². The van der Waals surface area contributed by atoms with E-state index in [1.54, 1.807) is 25.3 Å². The number of benzene rings is 2. The fraction of sp³-hybridized carbons (Fsp3) is 0.250. The van der Waals surface area contributed by atoms with Crippen LogP contribution in [0.25, 0.3) is 6.08 Å². The Bertz CT molecular complexity index is 991. The van der Waals surface area contributed by atoms with Gasteiger partial charge in [0.1, 0.15) is 18.1 Å². The van der Waals surface area contributed by atoms with Crippen molar-refractivity contribution in [3.8, 4) is 11.5 Å². The number of hydrogen-bond acceptors (Lipinski definition) is 6. The van der Waals surface area contributed by atoms with Gasteiger partial charge in [0.25, 0.3) is 0 Å². The SMILES string of the molecule is COC(=O)C1=Cc2cc(OCc3ccccc3OC)ccc2S(=O)(=O)CC1. The third-order valence-electron chi connectivity index (χ3n) is 4.32. The molecule has 0 aromatic heterocycles. The van der Waals surface area contributed by atoms with Gasteiger partial charge in [0.05, 0.1) is 24.9 Å². The first-order chi connectivity index (χ1) is 12.9. The maximum atomic E-state index is 12.5. The molecule has 7 heteroatoms. The zero-order chi connectivity index (χ0) is 19.4. The maximum absolute atomic E-state index is 12.5. The molecule has 2 aromatic rings. The lowest BCUT2D eigenvalue weighted by Gasteiger charge is -2.12. The molecule has 0 radical (unpaired) electrons. The van der Waals surface area contributed by atoms with Crippen molar-refractivity contribution < 1.29 is 27.4 Å². The molecular formula is C20H20O6S. The molecular weight excluding hydrogens is 368 g/mol. The van der Waals surface area contributed by atoms with Crippen LogP contribution >= 0.6 is 0 Å². The van der Waals surface area contributed by atoms with Gasteiger partial charge < -0.3 is 14.2 Å². The van der Waals surface area contributed by atoms with Gasteiger partial charge in [-0.2, -0.15) is 0 Å². The molecule has 0 atom stereocenters. The molecule has 0 bridgehead atoms. The molecule has 0 saturated carbocycles. The lowest BCUT2D eigenvalue weighted by molar-refractivity contribution is -0.136. The highest BCUT2D eigenvalue weighted by atomic mass is 32.2. The Morgan fingerprint density at radius 2 is 1.89 bits per heavy atom. The summed E-state index contributed by atoms with van der Waals surface area (Å²) < 4.78 is 40.8. The van der Waals surface area contributed by atoms with Gasteiger partial charge in [0.15, 0.2) is 9.84 Å². The second-order valence-corrected chi connectivity index (χ2v) is 8.11. The number of sulfone groups is 1. The number of rotatable bonds is 5. The molecule has 0 saturated heterocycles. The summed E-state index contributed by atoms with van der Waals surface area (Å²) in [6.07, 6.45) is 1.67. The molecule has 6 nitrogen and oxygen atoms in total. The third-order valence-corrected chi connectivity index (χ3v) is 6.10. The van der Waals surface area contributed by atoms with Gasteiger partial charge >= 0.3 is 5.97 Å². The summed E-state index contributed by atoms with van der Waals surface area (Å²) in [5.74, 6) is 0.542. The van der Waals surface area contributed by atoms with Gasteiger partial charge in [-0.05, 0) is 42.3 Å². The van der Waals surface area contributed by atoms with Crippen molar-refractivity contribution in [2.24, 2.45) is 0 Å². The molecule has 0 amide bonds. The highest BCUT2D eigenvalue weighted by Crippen LogP contribution is 2.30. The predicted octanol–water partition coefficient (Wildman–Crippen LogP) is 3.01. The van der Waals surface area contributed by atoms with E-state index < -0.39 is 15.8 Å². The van der Waals surface area contributed by atoms with E-state index in [1.165, 1.54) is 13.2 Å². The number of ether oxygens (including phenoxy) is 3. The Morgan fingerprint density at radius 1 is 1.11 bits per heavy atom. The van der Waals surface area contributed by atoms with Crippen molar-refractivity contribution in [3.63, 3.8) is 0 Å². The molecule has 2 aromatic carbocycles.